The van der Waals surface area contributed by atoms with Crippen molar-refractivity contribution in [2.75, 3.05) is 26.1 Å². The molecule has 1 amide bonds. The molecule has 1 aromatic heterocycles. The topological polar surface area (TPSA) is 86.8 Å². The molecule has 0 bridgehead atoms. The number of aryl methyl sites for hydroxylation is 1. The maximum absolute atomic E-state index is 13.0. The van der Waals surface area contributed by atoms with Crippen LogP contribution in [0.5, 0.6) is 11.5 Å². The molecule has 0 unspecified atom stereocenters. The van der Waals surface area contributed by atoms with Crippen molar-refractivity contribution in [3.05, 3.63) is 83.9 Å². The fourth-order valence-electron chi connectivity index (χ4n) is 3.52. The van der Waals surface area contributed by atoms with Crippen LogP contribution in [0.1, 0.15) is 15.9 Å². The summed E-state index contributed by atoms with van der Waals surface area (Å²) in [6.07, 6.45) is 0. The largest absolute Gasteiger partial charge is 0.497 e. The highest BCUT2D eigenvalue weighted by atomic mass is 16.5. The van der Waals surface area contributed by atoms with Gasteiger partial charge in [0.25, 0.3) is 5.91 Å². The molecule has 1 N–H and O–H groups in total. The van der Waals surface area contributed by atoms with Crippen LogP contribution in [0.4, 0.5) is 5.69 Å². The van der Waals surface area contributed by atoms with Crippen molar-refractivity contribution < 1.29 is 23.8 Å². The number of benzene rings is 3. The van der Waals surface area contributed by atoms with Gasteiger partial charge in [-0.05, 0) is 31.2 Å². The van der Waals surface area contributed by atoms with Crippen LogP contribution in [0, 0.1) is 6.92 Å². The summed E-state index contributed by atoms with van der Waals surface area (Å²) in [5.41, 5.74) is 4.08. The fourth-order valence-corrected chi connectivity index (χ4v) is 3.52. The Morgan fingerprint density at radius 1 is 0.912 bits per heavy atom. The van der Waals surface area contributed by atoms with E-state index in [9.17, 15) is 9.59 Å². The van der Waals surface area contributed by atoms with Gasteiger partial charge < -0.3 is 19.5 Å². The number of nitrogens with zero attached hydrogens (tertiary/aromatic N) is 1. The van der Waals surface area contributed by atoms with Gasteiger partial charge in [-0.2, -0.15) is 0 Å². The molecule has 7 heteroatoms. The molecule has 0 aliphatic rings. The van der Waals surface area contributed by atoms with Gasteiger partial charge in [-0.1, -0.05) is 48.0 Å². The smallest absolute Gasteiger partial charge is 0.339 e. The van der Waals surface area contributed by atoms with Gasteiger partial charge in [-0.15, -0.1) is 0 Å². The second kappa shape index (κ2) is 10.0. The van der Waals surface area contributed by atoms with Crippen LogP contribution in [0.25, 0.3) is 22.2 Å². The summed E-state index contributed by atoms with van der Waals surface area (Å²) in [7, 11) is 3.02. The number of hydrogen-bond donors (Lipinski definition) is 1. The SMILES string of the molecule is COc1ccc(OC)c(NC(=O)COC(=O)c2cc(-c3ccc(C)cc3)nc3ccccc23)c1. The quantitative estimate of drug-likeness (QED) is 0.393. The number of hydrogen-bond acceptors (Lipinski definition) is 6. The number of pyridine rings is 1. The van der Waals surface area contributed by atoms with Crippen molar-refractivity contribution >= 4 is 28.5 Å². The predicted octanol–water partition coefficient (Wildman–Crippen LogP) is 5.02. The third-order valence-electron chi connectivity index (χ3n) is 5.30. The third kappa shape index (κ3) is 4.99. The second-order valence-electron chi connectivity index (χ2n) is 7.63. The number of anilines is 1. The lowest BCUT2D eigenvalue weighted by molar-refractivity contribution is -0.119. The average Bonchev–Trinajstić information content (AvgIpc) is 2.87. The monoisotopic (exact) mass is 456 g/mol. The number of methoxy groups -OCH3 is 2. The Labute approximate surface area is 197 Å². The van der Waals surface area contributed by atoms with E-state index in [-0.39, 0.29) is 0 Å². The number of para-hydroxylation sites is 1. The van der Waals surface area contributed by atoms with Gasteiger partial charge in [-0.3, -0.25) is 4.79 Å². The van der Waals surface area contributed by atoms with E-state index in [2.05, 4.69) is 5.32 Å². The normalized spacial score (nSPS) is 10.6. The van der Waals surface area contributed by atoms with Crippen molar-refractivity contribution in [1.29, 1.82) is 0 Å². The van der Waals surface area contributed by atoms with Gasteiger partial charge in [0.2, 0.25) is 0 Å². The van der Waals surface area contributed by atoms with E-state index >= 15 is 0 Å². The van der Waals surface area contributed by atoms with Crippen LogP contribution in [-0.2, 0) is 9.53 Å². The van der Waals surface area contributed by atoms with Crippen LogP contribution in [-0.4, -0.2) is 37.7 Å². The molecular formula is C27H24N2O5. The summed E-state index contributed by atoms with van der Waals surface area (Å²) >= 11 is 0. The summed E-state index contributed by atoms with van der Waals surface area (Å²) < 4.78 is 15.8. The van der Waals surface area contributed by atoms with E-state index in [1.54, 1.807) is 30.3 Å². The zero-order valence-electron chi connectivity index (χ0n) is 19.1. The van der Waals surface area contributed by atoms with E-state index in [0.29, 0.717) is 39.3 Å². The molecule has 0 saturated carbocycles. The van der Waals surface area contributed by atoms with E-state index in [4.69, 9.17) is 19.2 Å². The van der Waals surface area contributed by atoms with E-state index < -0.39 is 18.5 Å². The van der Waals surface area contributed by atoms with Crippen molar-refractivity contribution in [2.24, 2.45) is 0 Å². The molecule has 3 aromatic carbocycles. The first-order chi connectivity index (χ1) is 16.5. The molecule has 0 aliphatic heterocycles. The molecule has 172 valence electrons. The van der Waals surface area contributed by atoms with Gasteiger partial charge >= 0.3 is 5.97 Å². The molecule has 4 rings (SSSR count). The zero-order valence-corrected chi connectivity index (χ0v) is 19.1. The van der Waals surface area contributed by atoms with Gasteiger partial charge in [0.15, 0.2) is 6.61 Å². The Morgan fingerprint density at radius 3 is 2.41 bits per heavy atom. The van der Waals surface area contributed by atoms with Gasteiger partial charge in [0, 0.05) is 17.0 Å². The number of fused-ring (bicyclic) bond motifs is 1. The second-order valence-corrected chi connectivity index (χ2v) is 7.63. The molecule has 0 fully saturated rings. The highest BCUT2D eigenvalue weighted by Crippen LogP contribution is 2.29. The number of carbonyl (C=O) groups is 2. The molecule has 1 heterocycles. The van der Waals surface area contributed by atoms with Crippen LogP contribution in [0.15, 0.2) is 72.8 Å². The molecule has 0 radical (unpaired) electrons. The number of nitrogens with one attached hydrogen (secondary N) is 1. The lowest BCUT2D eigenvalue weighted by atomic mass is 10.0. The highest BCUT2D eigenvalue weighted by Gasteiger charge is 2.17. The van der Waals surface area contributed by atoms with Gasteiger partial charge in [0.1, 0.15) is 11.5 Å². The minimum absolute atomic E-state index is 0.341. The molecule has 0 spiro atoms. The minimum Gasteiger partial charge on any atom is -0.497 e. The standard InChI is InChI=1S/C27H24N2O5/c1-17-8-10-18(11-9-17)23-15-21(20-6-4-5-7-22(20)28-23)27(31)34-16-26(30)29-24-14-19(32-2)12-13-25(24)33-3/h4-15H,16H2,1-3H3,(H,29,30). The minimum atomic E-state index is -0.611. The van der Waals surface area contributed by atoms with Crippen molar-refractivity contribution in [3.63, 3.8) is 0 Å². The Kier molecular flexibility index (Phi) is 6.73. The summed E-state index contributed by atoms with van der Waals surface area (Å²) in [4.78, 5) is 30.2. The first-order valence-corrected chi connectivity index (χ1v) is 10.6. The molecule has 0 saturated heterocycles. The van der Waals surface area contributed by atoms with Crippen molar-refractivity contribution in [1.82, 2.24) is 4.98 Å². The number of ether oxygens (including phenoxy) is 3. The van der Waals surface area contributed by atoms with Crippen LogP contribution >= 0.6 is 0 Å². The average molecular weight is 456 g/mol. The maximum Gasteiger partial charge on any atom is 0.339 e. The molecule has 0 atom stereocenters. The number of rotatable bonds is 7. The molecule has 7 nitrogen and oxygen atoms in total. The Balaban J connectivity index is 1.55. The van der Waals surface area contributed by atoms with Gasteiger partial charge in [0.05, 0.1) is 36.7 Å². The number of esters is 1. The van der Waals surface area contributed by atoms with Crippen LogP contribution in [0.3, 0.4) is 0 Å². The maximum atomic E-state index is 13.0. The Bertz CT molecular complexity index is 1350. The Morgan fingerprint density at radius 2 is 1.68 bits per heavy atom. The van der Waals surface area contributed by atoms with E-state index in [1.165, 1.54) is 14.2 Å². The number of aromatic nitrogens is 1. The third-order valence-corrected chi connectivity index (χ3v) is 5.30. The lowest BCUT2D eigenvalue weighted by Gasteiger charge is -2.13. The summed E-state index contributed by atoms with van der Waals surface area (Å²) in [5.74, 6) is -0.0972. The summed E-state index contributed by atoms with van der Waals surface area (Å²) in [6.45, 7) is 1.54. The van der Waals surface area contributed by atoms with Gasteiger partial charge in [-0.25, -0.2) is 9.78 Å². The van der Waals surface area contributed by atoms with Crippen LogP contribution < -0.4 is 14.8 Å². The first kappa shape index (κ1) is 22.8. The number of carbonyl (C=O) groups excluding carboxylic acids is 2. The Hall–Kier alpha value is -4.39. The molecule has 4 aromatic rings. The van der Waals surface area contributed by atoms with E-state index in [0.717, 1.165) is 11.1 Å². The predicted molar refractivity (Wildman–Crippen MR) is 130 cm³/mol. The highest BCUT2D eigenvalue weighted by molar-refractivity contribution is 6.05. The van der Waals surface area contributed by atoms with E-state index in [1.807, 2.05) is 49.4 Å². The zero-order chi connectivity index (χ0) is 24.1. The van der Waals surface area contributed by atoms with Crippen molar-refractivity contribution in [2.45, 2.75) is 6.92 Å². The first-order valence-electron chi connectivity index (χ1n) is 10.6. The van der Waals surface area contributed by atoms with Crippen molar-refractivity contribution in [3.8, 4) is 22.8 Å². The molecular weight excluding hydrogens is 432 g/mol. The molecule has 0 aliphatic carbocycles. The fraction of sp³-hybridized carbons (Fsp3) is 0.148. The number of amides is 1. The summed E-state index contributed by atoms with van der Waals surface area (Å²) in [6, 6.07) is 21.9. The van der Waals surface area contributed by atoms with Crippen LogP contribution in [0.2, 0.25) is 0 Å². The summed E-state index contributed by atoms with van der Waals surface area (Å²) in [5, 5.41) is 3.34. The molecule has 34 heavy (non-hydrogen) atoms. The lowest BCUT2D eigenvalue weighted by Crippen LogP contribution is -2.21.